The number of rotatable bonds is 4. The van der Waals surface area contributed by atoms with Crippen LogP contribution in [0.4, 0.5) is 0 Å². The van der Waals surface area contributed by atoms with Gasteiger partial charge in [0.25, 0.3) is 5.91 Å². The maximum atomic E-state index is 12.6. The molecule has 0 unspecified atom stereocenters. The second-order valence-corrected chi connectivity index (χ2v) is 6.86. The SMILES string of the molecule is CC(C)n1nccc1[C@@H]1NC(=O)CC[C@H]1NC(=O)c1nn(C)cc1Cl. The lowest BCUT2D eigenvalue weighted by Crippen LogP contribution is -2.51. The number of nitrogens with one attached hydrogen (secondary N) is 2. The molecule has 0 aliphatic carbocycles. The van der Waals surface area contributed by atoms with Gasteiger partial charge >= 0.3 is 0 Å². The molecule has 2 aromatic heterocycles. The van der Waals surface area contributed by atoms with Gasteiger partial charge in [-0.15, -0.1) is 0 Å². The van der Waals surface area contributed by atoms with Gasteiger partial charge in [-0.1, -0.05) is 11.6 Å². The zero-order chi connectivity index (χ0) is 18.1. The summed E-state index contributed by atoms with van der Waals surface area (Å²) in [7, 11) is 1.70. The first-order valence-corrected chi connectivity index (χ1v) is 8.57. The lowest BCUT2D eigenvalue weighted by Gasteiger charge is -2.33. The summed E-state index contributed by atoms with van der Waals surface area (Å²) in [4.78, 5) is 24.5. The second-order valence-electron chi connectivity index (χ2n) is 6.46. The van der Waals surface area contributed by atoms with E-state index in [4.69, 9.17) is 11.6 Å². The molecule has 0 bridgehead atoms. The highest BCUT2D eigenvalue weighted by Crippen LogP contribution is 2.26. The fraction of sp³-hybridized carbons (Fsp3) is 0.500. The van der Waals surface area contributed by atoms with Crippen LogP contribution in [0.1, 0.15) is 55.0 Å². The number of aryl methyl sites for hydroxylation is 1. The van der Waals surface area contributed by atoms with E-state index in [0.717, 1.165) is 5.69 Å². The first kappa shape index (κ1) is 17.5. The highest BCUT2D eigenvalue weighted by Gasteiger charge is 2.34. The Balaban J connectivity index is 1.85. The van der Waals surface area contributed by atoms with Crippen molar-refractivity contribution in [3.05, 3.63) is 34.9 Å². The molecule has 0 aromatic carbocycles. The minimum Gasteiger partial charge on any atom is -0.346 e. The van der Waals surface area contributed by atoms with Crippen LogP contribution in [-0.4, -0.2) is 37.4 Å². The van der Waals surface area contributed by atoms with Crippen LogP contribution in [0.15, 0.2) is 18.5 Å². The van der Waals surface area contributed by atoms with E-state index >= 15 is 0 Å². The van der Waals surface area contributed by atoms with Crippen LogP contribution < -0.4 is 10.6 Å². The Morgan fingerprint density at radius 1 is 1.48 bits per heavy atom. The number of halogens is 1. The summed E-state index contributed by atoms with van der Waals surface area (Å²) in [5.74, 6) is -0.393. The van der Waals surface area contributed by atoms with Crippen molar-refractivity contribution in [2.24, 2.45) is 7.05 Å². The number of hydrogen-bond donors (Lipinski definition) is 2. The predicted octanol–water partition coefficient (Wildman–Crippen LogP) is 1.60. The first-order valence-electron chi connectivity index (χ1n) is 8.19. The van der Waals surface area contributed by atoms with Gasteiger partial charge in [0.15, 0.2) is 5.69 Å². The average Bonchev–Trinajstić information content (AvgIpc) is 3.15. The Morgan fingerprint density at radius 3 is 2.88 bits per heavy atom. The van der Waals surface area contributed by atoms with Crippen molar-refractivity contribution in [1.82, 2.24) is 30.2 Å². The third-order valence-corrected chi connectivity index (χ3v) is 4.50. The third-order valence-electron chi connectivity index (χ3n) is 4.23. The van der Waals surface area contributed by atoms with Gasteiger partial charge in [-0.3, -0.25) is 19.0 Å². The Bertz CT molecular complexity index is 796. The smallest absolute Gasteiger partial charge is 0.273 e. The van der Waals surface area contributed by atoms with Crippen LogP contribution >= 0.6 is 11.6 Å². The van der Waals surface area contributed by atoms with E-state index in [0.29, 0.717) is 17.9 Å². The molecule has 3 heterocycles. The number of aromatic nitrogens is 4. The van der Waals surface area contributed by atoms with Gasteiger partial charge in [-0.25, -0.2) is 0 Å². The summed E-state index contributed by atoms with van der Waals surface area (Å²) in [6, 6.07) is 1.39. The summed E-state index contributed by atoms with van der Waals surface area (Å²) < 4.78 is 3.34. The molecule has 1 saturated heterocycles. The molecule has 1 aliphatic rings. The van der Waals surface area contributed by atoms with Gasteiger partial charge in [-0.05, 0) is 26.3 Å². The fourth-order valence-electron chi connectivity index (χ4n) is 3.09. The van der Waals surface area contributed by atoms with Crippen molar-refractivity contribution in [1.29, 1.82) is 0 Å². The van der Waals surface area contributed by atoms with E-state index < -0.39 is 0 Å². The molecule has 9 heteroatoms. The fourth-order valence-corrected chi connectivity index (χ4v) is 3.35. The van der Waals surface area contributed by atoms with Crippen LogP contribution in [0, 0.1) is 0 Å². The normalized spacial score (nSPS) is 20.6. The summed E-state index contributed by atoms with van der Waals surface area (Å²) in [6.07, 6.45) is 4.16. The van der Waals surface area contributed by atoms with E-state index in [1.165, 1.54) is 4.68 Å². The van der Waals surface area contributed by atoms with E-state index in [1.54, 1.807) is 19.4 Å². The Morgan fingerprint density at radius 2 is 2.24 bits per heavy atom. The van der Waals surface area contributed by atoms with E-state index in [2.05, 4.69) is 20.8 Å². The molecule has 2 N–H and O–H groups in total. The number of carbonyl (C=O) groups is 2. The van der Waals surface area contributed by atoms with E-state index in [1.807, 2.05) is 24.6 Å². The molecule has 0 saturated carbocycles. The highest BCUT2D eigenvalue weighted by molar-refractivity contribution is 6.33. The first-order chi connectivity index (χ1) is 11.9. The average molecular weight is 365 g/mol. The molecule has 3 rings (SSSR count). The molecular formula is C16H21ClN6O2. The molecular weight excluding hydrogens is 344 g/mol. The summed E-state index contributed by atoms with van der Waals surface area (Å²) in [5.41, 5.74) is 1.04. The zero-order valence-electron chi connectivity index (χ0n) is 14.4. The zero-order valence-corrected chi connectivity index (χ0v) is 15.1. The predicted molar refractivity (Wildman–Crippen MR) is 92.2 cm³/mol. The topological polar surface area (TPSA) is 93.8 Å². The Kier molecular flexibility index (Phi) is 4.80. The van der Waals surface area contributed by atoms with Crippen LogP contribution in [0.5, 0.6) is 0 Å². The van der Waals surface area contributed by atoms with Crippen molar-refractivity contribution in [3.8, 4) is 0 Å². The maximum absolute atomic E-state index is 12.6. The lowest BCUT2D eigenvalue weighted by atomic mass is 9.95. The van der Waals surface area contributed by atoms with Crippen LogP contribution in [-0.2, 0) is 11.8 Å². The van der Waals surface area contributed by atoms with Crippen LogP contribution in [0.25, 0.3) is 0 Å². The molecule has 2 aromatic rings. The number of nitrogens with zero attached hydrogens (tertiary/aromatic N) is 4. The number of carbonyl (C=O) groups excluding carboxylic acids is 2. The van der Waals surface area contributed by atoms with Crippen LogP contribution in [0.3, 0.4) is 0 Å². The molecule has 0 spiro atoms. The largest absolute Gasteiger partial charge is 0.346 e. The molecule has 1 fully saturated rings. The lowest BCUT2D eigenvalue weighted by molar-refractivity contribution is -0.124. The van der Waals surface area contributed by atoms with Gasteiger partial charge in [-0.2, -0.15) is 10.2 Å². The van der Waals surface area contributed by atoms with Crippen LogP contribution in [0.2, 0.25) is 5.02 Å². The van der Waals surface area contributed by atoms with Gasteiger partial charge in [0.1, 0.15) is 0 Å². The summed E-state index contributed by atoms with van der Waals surface area (Å²) in [5, 5.41) is 14.6. The Hall–Kier alpha value is -2.35. The minimum atomic E-state index is -0.354. The minimum absolute atomic E-state index is 0.0390. The van der Waals surface area contributed by atoms with Gasteiger partial charge in [0.2, 0.25) is 5.91 Å². The molecule has 0 radical (unpaired) electrons. The molecule has 1 aliphatic heterocycles. The van der Waals surface area contributed by atoms with Crippen molar-refractivity contribution in [3.63, 3.8) is 0 Å². The van der Waals surface area contributed by atoms with E-state index in [9.17, 15) is 9.59 Å². The van der Waals surface area contributed by atoms with E-state index in [-0.39, 0.29) is 35.6 Å². The monoisotopic (exact) mass is 364 g/mol. The molecule has 134 valence electrons. The molecule has 25 heavy (non-hydrogen) atoms. The molecule has 2 amide bonds. The van der Waals surface area contributed by atoms with Gasteiger partial charge in [0, 0.05) is 31.9 Å². The number of piperidine rings is 1. The summed E-state index contributed by atoms with van der Waals surface area (Å²) in [6.45, 7) is 4.03. The van der Waals surface area contributed by atoms with Crippen molar-refractivity contribution in [2.75, 3.05) is 0 Å². The number of amides is 2. The van der Waals surface area contributed by atoms with Crippen molar-refractivity contribution < 1.29 is 9.59 Å². The maximum Gasteiger partial charge on any atom is 0.273 e. The Labute approximate surface area is 150 Å². The highest BCUT2D eigenvalue weighted by atomic mass is 35.5. The quantitative estimate of drug-likeness (QED) is 0.861. The number of hydrogen-bond acceptors (Lipinski definition) is 4. The van der Waals surface area contributed by atoms with Gasteiger partial charge < -0.3 is 10.6 Å². The van der Waals surface area contributed by atoms with Crippen molar-refractivity contribution >= 4 is 23.4 Å². The summed E-state index contributed by atoms with van der Waals surface area (Å²) >= 11 is 6.06. The third kappa shape index (κ3) is 3.53. The standard InChI is InChI=1S/C16H21ClN6O2/c1-9(2)23-12(6-7-18-23)15-11(4-5-13(24)20-15)19-16(25)14-10(17)8-22(3)21-14/h6-9,11,15H,4-5H2,1-3H3,(H,19,25)(H,20,24)/t11-,15-/m1/s1. The molecule has 8 nitrogen and oxygen atoms in total. The molecule has 2 atom stereocenters. The second kappa shape index (κ2) is 6.87. The van der Waals surface area contributed by atoms with Gasteiger partial charge in [0.05, 0.1) is 22.8 Å². The van der Waals surface area contributed by atoms with Crippen molar-refractivity contribution in [2.45, 2.75) is 44.8 Å².